The predicted octanol–water partition coefficient (Wildman–Crippen LogP) is 2.49. The number of aryl methyl sites for hydroxylation is 1. The van der Waals surface area contributed by atoms with Crippen molar-refractivity contribution >= 4 is 11.4 Å². The molecule has 0 aliphatic rings. The molecular formula is C11H20N2O2S. The van der Waals surface area contributed by atoms with E-state index in [0.717, 1.165) is 17.7 Å². The Hall–Kier alpha value is -0.520. The minimum Gasteiger partial charge on any atom is -0.598 e. The highest BCUT2D eigenvalue weighted by atomic mass is 32.2. The lowest BCUT2D eigenvalue weighted by Gasteiger charge is -2.27. The van der Waals surface area contributed by atoms with Gasteiger partial charge in [0.25, 0.3) is 0 Å². The van der Waals surface area contributed by atoms with Crippen LogP contribution in [0.5, 0.6) is 0 Å². The normalized spacial score (nSPS) is 16.1. The molecule has 92 valence electrons. The molecule has 0 spiro atoms. The summed E-state index contributed by atoms with van der Waals surface area (Å²) in [6.45, 7) is 9.78. The van der Waals surface area contributed by atoms with Crippen LogP contribution in [0.3, 0.4) is 0 Å². The van der Waals surface area contributed by atoms with Crippen LogP contribution in [-0.4, -0.2) is 14.5 Å². The Kier molecular flexibility index (Phi) is 4.41. The second-order valence-electron chi connectivity index (χ2n) is 4.82. The van der Waals surface area contributed by atoms with Gasteiger partial charge in [0.2, 0.25) is 0 Å². The van der Waals surface area contributed by atoms with Crippen LogP contribution in [0.1, 0.15) is 51.4 Å². The van der Waals surface area contributed by atoms with E-state index in [4.69, 9.17) is 4.52 Å². The first kappa shape index (κ1) is 13.5. The Bertz CT molecular complexity index is 333. The maximum absolute atomic E-state index is 12.0. The molecule has 1 rings (SSSR count). The quantitative estimate of drug-likeness (QED) is 0.827. The second kappa shape index (κ2) is 5.21. The van der Waals surface area contributed by atoms with Crippen LogP contribution in [0.4, 0.5) is 0 Å². The Balaban J connectivity index is 2.74. The smallest absolute Gasteiger partial charge is 0.136 e. The molecular weight excluding hydrogens is 224 g/mol. The summed E-state index contributed by atoms with van der Waals surface area (Å²) in [5.74, 6) is 0. The van der Waals surface area contributed by atoms with Crippen LogP contribution in [0.2, 0.25) is 0 Å². The molecule has 0 fully saturated rings. The number of hydrogen-bond acceptors (Lipinski definition) is 4. The van der Waals surface area contributed by atoms with Crippen molar-refractivity contribution < 1.29 is 9.08 Å². The molecule has 1 heterocycles. The van der Waals surface area contributed by atoms with Crippen molar-refractivity contribution in [1.82, 2.24) is 9.88 Å². The molecule has 1 aromatic heterocycles. The van der Waals surface area contributed by atoms with Crippen molar-refractivity contribution in [3.8, 4) is 0 Å². The third-order valence-electron chi connectivity index (χ3n) is 2.38. The summed E-state index contributed by atoms with van der Waals surface area (Å²) in [4.78, 5) is 0. The molecule has 0 aromatic carbocycles. The molecule has 0 aliphatic carbocycles. The number of hydrogen-bond donors (Lipinski definition) is 1. The Morgan fingerprint density at radius 1 is 1.56 bits per heavy atom. The van der Waals surface area contributed by atoms with Gasteiger partial charge in [0, 0.05) is 16.9 Å². The largest absolute Gasteiger partial charge is 0.598 e. The first-order valence-electron chi connectivity index (χ1n) is 5.45. The van der Waals surface area contributed by atoms with Gasteiger partial charge < -0.3 is 9.08 Å². The number of rotatable bonds is 4. The van der Waals surface area contributed by atoms with Crippen molar-refractivity contribution in [3.05, 3.63) is 17.5 Å². The molecule has 1 N–H and O–H groups in total. The van der Waals surface area contributed by atoms with Gasteiger partial charge in [0.1, 0.15) is 11.0 Å². The van der Waals surface area contributed by atoms with Gasteiger partial charge >= 0.3 is 0 Å². The molecule has 0 saturated carbocycles. The molecule has 0 aliphatic heterocycles. The van der Waals surface area contributed by atoms with Gasteiger partial charge in [-0.25, -0.2) is 0 Å². The average Bonchev–Trinajstić information content (AvgIpc) is 2.59. The summed E-state index contributed by atoms with van der Waals surface area (Å²) in [5, 5.41) is 3.84. The van der Waals surface area contributed by atoms with Gasteiger partial charge in [0.05, 0.1) is 11.7 Å². The van der Waals surface area contributed by atoms with Crippen LogP contribution < -0.4 is 4.72 Å². The third-order valence-corrected chi connectivity index (χ3v) is 3.99. The summed E-state index contributed by atoms with van der Waals surface area (Å²) in [5.41, 5.74) is 1.84. The molecule has 2 atom stereocenters. The lowest BCUT2D eigenvalue weighted by atomic mass is 10.1. The van der Waals surface area contributed by atoms with Crippen molar-refractivity contribution in [3.63, 3.8) is 0 Å². The summed E-state index contributed by atoms with van der Waals surface area (Å²) < 4.78 is 19.8. The fourth-order valence-electron chi connectivity index (χ4n) is 1.31. The summed E-state index contributed by atoms with van der Waals surface area (Å²) in [7, 11) is 0. The lowest BCUT2D eigenvalue weighted by molar-refractivity contribution is 0.413. The molecule has 0 bridgehead atoms. The van der Waals surface area contributed by atoms with E-state index in [1.807, 2.05) is 34.6 Å². The fourth-order valence-corrected chi connectivity index (χ4v) is 2.21. The lowest BCUT2D eigenvalue weighted by Crippen LogP contribution is -2.41. The fraction of sp³-hybridized carbons (Fsp3) is 0.727. The molecule has 5 heteroatoms. The highest BCUT2D eigenvalue weighted by Crippen LogP contribution is 2.23. The van der Waals surface area contributed by atoms with Crippen molar-refractivity contribution in [1.29, 1.82) is 0 Å². The van der Waals surface area contributed by atoms with Crippen LogP contribution >= 0.6 is 0 Å². The second-order valence-corrected chi connectivity index (χ2v) is 6.81. The highest BCUT2D eigenvalue weighted by molar-refractivity contribution is 7.90. The van der Waals surface area contributed by atoms with Crippen LogP contribution in [0.15, 0.2) is 10.8 Å². The van der Waals surface area contributed by atoms with E-state index in [0.29, 0.717) is 0 Å². The zero-order chi connectivity index (χ0) is 12.3. The van der Waals surface area contributed by atoms with Crippen molar-refractivity contribution in [2.75, 3.05) is 0 Å². The van der Waals surface area contributed by atoms with E-state index < -0.39 is 11.4 Å². The predicted molar refractivity (Wildman–Crippen MR) is 65.3 cm³/mol. The topological polar surface area (TPSA) is 61.1 Å². The van der Waals surface area contributed by atoms with Gasteiger partial charge in [-0.2, -0.15) is 0 Å². The van der Waals surface area contributed by atoms with Crippen molar-refractivity contribution in [2.24, 2.45) is 0 Å². The van der Waals surface area contributed by atoms with E-state index in [9.17, 15) is 4.55 Å². The van der Waals surface area contributed by atoms with Crippen LogP contribution in [0.25, 0.3) is 0 Å². The molecule has 0 saturated heterocycles. The van der Waals surface area contributed by atoms with Crippen LogP contribution in [-0.2, 0) is 11.4 Å². The SMILES string of the molecule is CCC(N[S@@+]([O-])C(C)(C)C)c1conc1C. The monoisotopic (exact) mass is 244 g/mol. The molecule has 1 unspecified atom stereocenters. The zero-order valence-electron chi connectivity index (χ0n) is 10.5. The van der Waals surface area contributed by atoms with Gasteiger partial charge in [-0.15, -0.1) is 4.72 Å². The minimum absolute atomic E-state index is 0.0336. The summed E-state index contributed by atoms with van der Waals surface area (Å²) in [6.07, 6.45) is 2.47. The van der Waals surface area contributed by atoms with E-state index in [-0.39, 0.29) is 10.8 Å². The first-order chi connectivity index (χ1) is 7.36. The molecule has 0 radical (unpaired) electrons. The zero-order valence-corrected chi connectivity index (χ0v) is 11.4. The van der Waals surface area contributed by atoms with Crippen LogP contribution in [0, 0.1) is 6.92 Å². The van der Waals surface area contributed by atoms with Gasteiger partial charge in [0.15, 0.2) is 0 Å². The number of nitrogens with one attached hydrogen (secondary N) is 1. The maximum Gasteiger partial charge on any atom is 0.136 e. The van der Waals surface area contributed by atoms with Gasteiger partial charge in [-0.1, -0.05) is 12.1 Å². The van der Waals surface area contributed by atoms with E-state index >= 15 is 0 Å². The first-order valence-corrected chi connectivity index (χ1v) is 6.60. The van der Waals surface area contributed by atoms with Gasteiger partial charge in [-0.05, 0) is 34.1 Å². The summed E-state index contributed by atoms with van der Waals surface area (Å²) in [6, 6.07) is 0.0336. The standard InChI is InChI=1S/C11H20N2O2S/c1-6-10(9-7-15-12-8(9)2)13-16(14)11(3,4)5/h7,10,13H,6H2,1-5H3/t10?,16-/m0/s1. The molecule has 16 heavy (non-hydrogen) atoms. The minimum atomic E-state index is -1.08. The average molecular weight is 244 g/mol. The Morgan fingerprint density at radius 3 is 2.56 bits per heavy atom. The number of nitrogens with zero attached hydrogens (tertiary/aromatic N) is 1. The molecule has 1 aromatic rings. The molecule has 0 amide bonds. The van der Waals surface area contributed by atoms with E-state index in [1.54, 1.807) is 6.26 Å². The Labute approximate surface area is 100 Å². The van der Waals surface area contributed by atoms with E-state index in [2.05, 4.69) is 9.88 Å². The maximum atomic E-state index is 12.0. The van der Waals surface area contributed by atoms with Gasteiger partial charge in [-0.3, -0.25) is 0 Å². The molecule has 4 nitrogen and oxygen atoms in total. The van der Waals surface area contributed by atoms with E-state index in [1.165, 1.54) is 0 Å². The number of aromatic nitrogens is 1. The summed E-state index contributed by atoms with van der Waals surface area (Å²) >= 11 is -1.08. The van der Waals surface area contributed by atoms with Crippen molar-refractivity contribution in [2.45, 2.75) is 51.8 Å². The highest BCUT2D eigenvalue weighted by Gasteiger charge is 2.30. The third kappa shape index (κ3) is 3.23. The Morgan fingerprint density at radius 2 is 2.19 bits per heavy atom.